The molecule has 1 aromatic rings. The van der Waals surface area contributed by atoms with Crippen LogP contribution in [0.1, 0.15) is 12.5 Å². The van der Waals surface area contributed by atoms with Crippen LogP contribution < -0.4 is 10.5 Å². The van der Waals surface area contributed by atoms with Crippen LogP contribution in [0.15, 0.2) is 18.2 Å². The monoisotopic (exact) mass is 249 g/mol. The summed E-state index contributed by atoms with van der Waals surface area (Å²) in [4.78, 5) is 15.4. The van der Waals surface area contributed by atoms with Gasteiger partial charge < -0.3 is 20.3 Å². The number of carbonyl (C=O) groups excluding carboxylic acids is 1. The number of urea groups is 1. The Bertz CT molecular complexity index is 448. The van der Waals surface area contributed by atoms with Gasteiger partial charge in [-0.3, -0.25) is 0 Å². The first-order chi connectivity index (χ1) is 8.61. The normalized spacial score (nSPS) is 15.3. The molecule has 0 saturated carbocycles. The summed E-state index contributed by atoms with van der Waals surface area (Å²) in [5, 5.41) is 0. The third-order valence-corrected chi connectivity index (χ3v) is 3.05. The molecule has 5 heteroatoms. The summed E-state index contributed by atoms with van der Waals surface area (Å²) < 4.78 is 5.56. The van der Waals surface area contributed by atoms with Gasteiger partial charge in [0, 0.05) is 31.4 Å². The highest BCUT2D eigenvalue weighted by atomic mass is 16.5. The average Bonchev–Trinajstić information content (AvgIpc) is 2.65. The number of nitrogens with zero attached hydrogens (tertiary/aromatic N) is 2. The highest BCUT2D eigenvalue weighted by molar-refractivity contribution is 5.76. The second-order valence-electron chi connectivity index (χ2n) is 4.43. The number of ether oxygens (including phenoxy) is 1. The number of nitrogen functional groups attached to an aromatic ring is 1. The minimum Gasteiger partial charge on any atom is -0.494 e. The molecule has 0 spiro atoms. The lowest BCUT2D eigenvalue weighted by molar-refractivity contribution is 0.196. The fourth-order valence-electron chi connectivity index (χ4n) is 2.07. The Balaban J connectivity index is 2.17. The molecule has 0 atom stereocenters. The Morgan fingerprint density at radius 1 is 1.39 bits per heavy atom. The Morgan fingerprint density at radius 3 is 2.78 bits per heavy atom. The molecule has 1 fully saturated rings. The molecule has 0 bridgehead atoms. The van der Waals surface area contributed by atoms with E-state index in [1.165, 1.54) is 0 Å². The molecule has 0 unspecified atom stereocenters. The zero-order chi connectivity index (χ0) is 13.1. The molecule has 2 amide bonds. The van der Waals surface area contributed by atoms with Gasteiger partial charge in [0.15, 0.2) is 0 Å². The summed E-state index contributed by atoms with van der Waals surface area (Å²) in [6, 6.07) is 5.60. The second-order valence-corrected chi connectivity index (χ2v) is 4.43. The van der Waals surface area contributed by atoms with E-state index in [2.05, 4.69) is 0 Å². The van der Waals surface area contributed by atoms with E-state index in [1.54, 1.807) is 9.80 Å². The molecule has 0 aromatic heterocycles. The smallest absolute Gasteiger partial charge is 0.320 e. The van der Waals surface area contributed by atoms with Gasteiger partial charge in [0.2, 0.25) is 0 Å². The highest BCUT2D eigenvalue weighted by Crippen LogP contribution is 2.24. The minimum atomic E-state index is 0.0554. The van der Waals surface area contributed by atoms with Crippen molar-refractivity contribution in [3.63, 3.8) is 0 Å². The molecule has 98 valence electrons. The first kappa shape index (κ1) is 12.5. The molecule has 2 rings (SSSR count). The standard InChI is InChI=1S/C13H19N3O2/c1-3-18-12-5-4-11(14)8-10(12)9-16-7-6-15(2)13(16)17/h4-5,8H,3,6-7,9,14H2,1-2H3. The summed E-state index contributed by atoms with van der Waals surface area (Å²) >= 11 is 0. The number of hydrogen-bond acceptors (Lipinski definition) is 3. The summed E-state index contributed by atoms with van der Waals surface area (Å²) in [6.45, 7) is 4.60. The molecule has 2 N–H and O–H groups in total. The maximum absolute atomic E-state index is 11.8. The van der Waals surface area contributed by atoms with Crippen molar-refractivity contribution in [3.05, 3.63) is 23.8 Å². The van der Waals surface area contributed by atoms with Gasteiger partial charge >= 0.3 is 6.03 Å². The molecule has 1 saturated heterocycles. The van der Waals surface area contributed by atoms with Crippen molar-refractivity contribution < 1.29 is 9.53 Å². The highest BCUT2D eigenvalue weighted by Gasteiger charge is 2.25. The van der Waals surface area contributed by atoms with Crippen molar-refractivity contribution in [2.45, 2.75) is 13.5 Å². The second kappa shape index (κ2) is 5.16. The number of carbonyl (C=O) groups is 1. The van der Waals surface area contributed by atoms with Crippen LogP contribution in [0.3, 0.4) is 0 Å². The van der Waals surface area contributed by atoms with Crippen LogP contribution in [0.5, 0.6) is 5.75 Å². The predicted octanol–water partition coefficient (Wildman–Crippen LogP) is 1.53. The Hall–Kier alpha value is -1.91. The van der Waals surface area contributed by atoms with Crippen LogP contribution >= 0.6 is 0 Å². The Morgan fingerprint density at radius 2 is 2.17 bits per heavy atom. The van der Waals surface area contributed by atoms with Crippen molar-refractivity contribution in [2.75, 3.05) is 32.5 Å². The topological polar surface area (TPSA) is 58.8 Å². The average molecular weight is 249 g/mol. The molecule has 1 aromatic carbocycles. The molecule has 5 nitrogen and oxygen atoms in total. The summed E-state index contributed by atoms with van der Waals surface area (Å²) in [6.07, 6.45) is 0. The summed E-state index contributed by atoms with van der Waals surface area (Å²) in [7, 11) is 1.81. The predicted molar refractivity (Wildman–Crippen MR) is 70.5 cm³/mol. The number of rotatable bonds is 4. The minimum absolute atomic E-state index is 0.0554. The lowest BCUT2D eigenvalue weighted by atomic mass is 10.1. The van der Waals surface area contributed by atoms with E-state index in [0.717, 1.165) is 24.4 Å². The number of benzene rings is 1. The van der Waals surface area contributed by atoms with Gasteiger partial charge in [0.25, 0.3) is 0 Å². The van der Waals surface area contributed by atoms with Gasteiger partial charge in [0.1, 0.15) is 5.75 Å². The number of nitrogens with two attached hydrogens (primary N) is 1. The lowest BCUT2D eigenvalue weighted by Gasteiger charge is -2.18. The number of likely N-dealkylation sites (N-methyl/N-ethyl adjacent to an activating group) is 1. The fourth-order valence-corrected chi connectivity index (χ4v) is 2.07. The molecule has 0 aliphatic carbocycles. The summed E-state index contributed by atoms with van der Waals surface area (Å²) in [5.74, 6) is 0.800. The Kier molecular flexibility index (Phi) is 3.60. The van der Waals surface area contributed by atoms with E-state index in [1.807, 2.05) is 32.2 Å². The van der Waals surface area contributed by atoms with Crippen molar-refractivity contribution in [3.8, 4) is 5.75 Å². The first-order valence-electron chi connectivity index (χ1n) is 6.13. The molecule has 0 radical (unpaired) electrons. The van der Waals surface area contributed by atoms with E-state index in [9.17, 15) is 4.79 Å². The van der Waals surface area contributed by atoms with Gasteiger partial charge in [-0.15, -0.1) is 0 Å². The summed E-state index contributed by atoms with van der Waals surface area (Å²) in [5.41, 5.74) is 7.44. The van der Waals surface area contributed by atoms with Gasteiger partial charge in [-0.2, -0.15) is 0 Å². The van der Waals surface area contributed by atoms with Crippen LogP contribution in [0.4, 0.5) is 10.5 Å². The number of amides is 2. The van der Waals surface area contributed by atoms with Gasteiger partial charge in [0.05, 0.1) is 13.2 Å². The molecule has 1 heterocycles. The van der Waals surface area contributed by atoms with Gasteiger partial charge in [-0.1, -0.05) is 0 Å². The SMILES string of the molecule is CCOc1ccc(N)cc1CN1CCN(C)C1=O. The third-order valence-electron chi connectivity index (χ3n) is 3.05. The third kappa shape index (κ3) is 2.50. The van der Waals surface area contributed by atoms with Crippen LogP contribution in [-0.4, -0.2) is 42.6 Å². The van der Waals surface area contributed by atoms with Crippen molar-refractivity contribution in [2.24, 2.45) is 0 Å². The van der Waals surface area contributed by atoms with Gasteiger partial charge in [-0.25, -0.2) is 4.79 Å². The van der Waals surface area contributed by atoms with E-state index in [4.69, 9.17) is 10.5 Å². The van der Waals surface area contributed by atoms with Crippen molar-refractivity contribution >= 4 is 11.7 Å². The van der Waals surface area contributed by atoms with Crippen molar-refractivity contribution in [1.29, 1.82) is 0 Å². The maximum Gasteiger partial charge on any atom is 0.320 e. The van der Waals surface area contributed by atoms with Crippen LogP contribution in [0.2, 0.25) is 0 Å². The Labute approximate surface area is 107 Å². The quantitative estimate of drug-likeness (QED) is 0.823. The van der Waals surface area contributed by atoms with Crippen LogP contribution in [-0.2, 0) is 6.54 Å². The first-order valence-corrected chi connectivity index (χ1v) is 6.13. The van der Waals surface area contributed by atoms with E-state index < -0.39 is 0 Å². The largest absolute Gasteiger partial charge is 0.494 e. The molecule has 18 heavy (non-hydrogen) atoms. The number of hydrogen-bond donors (Lipinski definition) is 1. The molecule has 1 aliphatic heterocycles. The lowest BCUT2D eigenvalue weighted by Crippen LogP contribution is -2.29. The van der Waals surface area contributed by atoms with Gasteiger partial charge in [-0.05, 0) is 25.1 Å². The van der Waals surface area contributed by atoms with Crippen LogP contribution in [0.25, 0.3) is 0 Å². The van der Waals surface area contributed by atoms with E-state index >= 15 is 0 Å². The number of anilines is 1. The van der Waals surface area contributed by atoms with E-state index in [-0.39, 0.29) is 6.03 Å². The fraction of sp³-hybridized carbons (Fsp3) is 0.462. The molecular weight excluding hydrogens is 230 g/mol. The van der Waals surface area contributed by atoms with Crippen LogP contribution in [0, 0.1) is 0 Å². The van der Waals surface area contributed by atoms with Crippen molar-refractivity contribution in [1.82, 2.24) is 9.80 Å². The zero-order valence-electron chi connectivity index (χ0n) is 10.8. The molecular formula is C13H19N3O2. The van der Waals surface area contributed by atoms with E-state index in [0.29, 0.717) is 18.8 Å². The maximum atomic E-state index is 11.8. The zero-order valence-corrected chi connectivity index (χ0v) is 10.8. The molecule has 1 aliphatic rings.